The van der Waals surface area contributed by atoms with Crippen LogP contribution < -0.4 is 10.9 Å². The average Bonchev–Trinajstić information content (AvgIpc) is 2.64. The molecule has 2 N–H and O–H groups in total. The lowest BCUT2D eigenvalue weighted by atomic mass is 10.2. The van der Waals surface area contributed by atoms with Gasteiger partial charge in [0.1, 0.15) is 0 Å². The van der Waals surface area contributed by atoms with E-state index < -0.39 is 29.3 Å². The Morgan fingerprint density at radius 1 is 1.04 bits per heavy atom. The van der Waals surface area contributed by atoms with Crippen LogP contribution in [-0.4, -0.2) is 29.3 Å². The van der Waals surface area contributed by atoms with Gasteiger partial charge in [-0.15, -0.1) is 0 Å². The van der Waals surface area contributed by atoms with Crippen LogP contribution >= 0.6 is 11.6 Å². The molecule has 0 aromatic heterocycles. The minimum Gasteiger partial charge on any atom is -0.452 e. The number of nitro benzene ring substituents is 1. The maximum absolute atomic E-state index is 11.8. The lowest BCUT2D eigenvalue weighted by Gasteiger charge is -2.08. The van der Waals surface area contributed by atoms with Crippen LogP contribution in [0.1, 0.15) is 20.7 Å². The second kappa shape index (κ2) is 8.58. The van der Waals surface area contributed by atoms with Crippen molar-refractivity contribution < 1.29 is 24.0 Å². The van der Waals surface area contributed by atoms with E-state index in [-0.39, 0.29) is 16.8 Å². The zero-order valence-corrected chi connectivity index (χ0v) is 13.9. The van der Waals surface area contributed by atoms with Crippen molar-refractivity contribution >= 4 is 35.1 Å². The summed E-state index contributed by atoms with van der Waals surface area (Å²) in [7, 11) is 0. The number of amides is 2. The molecule has 0 saturated heterocycles. The van der Waals surface area contributed by atoms with Gasteiger partial charge in [0.15, 0.2) is 6.61 Å². The van der Waals surface area contributed by atoms with Crippen molar-refractivity contribution in [2.45, 2.75) is 0 Å². The van der Waals surface area contributed by atoms with E-state index in [1.54, 1.807) is 0 Å². The molecule has 0 aliphatic rings. The SMILES string of the molecule is O=C(COC(=O)c1cccc([N+](=O)[O-])c1)NNC(=O)c1ccc(Cl)cc1. The molecule has 2 amide bonds. The zero-order chi connectivity index (χ0) is 19.1. The number of non-ortho nitro benzene ring substituents is 1. The Morgan fingerprint density at radius 3 is 2.38 bits per heavy atom. The van der Waals surface area contributed by atoms with Crippen molar-refractivity contribution in [2.75, 3.05) is 6.61 Å². The number of nitrogens with zero attached hydrogens (tertiary/aromatic N) is 1. The molecule has 0 heterocycles. The number of hydrogen-bond donors (Lipinski definition) is 2. The number of rotatable bonds is 5. The number of ether oxygens (including phenoxy) is 1. The van der Waals surface area contributed by atoms with Crippen molar-refractivity contribution in [2.24, 2.45) is 0 Å². The molecule has 9 nitrogen and oxygen atoms in total. The lowest BCUT2D eigenvalue weighted by Crippen LogP contribution is -2.43. The van der Waals surface area contributed by atoms with Crippen molar-refractivity contribution in [1.82, 2.24) is 10.9 Å². The Balaban J connectivity index is 1.82. The van der Waals surface area contributed by atoms with Crippen molar-refractivity contribution in [1.29, 1.82) is 0 Å². The molecule has 2 aromatic carbocycles. The van der Waals surface area contributed by atoms with Gasteiger partial charge >= 0.3 is 5.97 Å². The first kappa shape index (κ1) is 18.9. The quantitative estimate of drug-likeness (QED) is 0.465. The summed E-state index contributed by atoms with van der Waals surface area (Å²) >= 11 is 5.71. The molecule has 26 heavy (non-hydrogen) atoms. The van der Waals surface area contributed by atoms with Gasteiger partial charge in [-0.05, 0) is 30.3 Å². The Labute approximate surface area is 152 Å². The summed E-state index contributed by atoms with van der Waals surface area (Å²) in [6, 6.07) is 10.8. The van der Waals surface area contributed by atoms with Gasteiger partial charge in [-0.25, -0.2) is 4.79 Å². The first-order valence-electron chi connectivity index (χ1n) is 7.13. The zero-order valence-electron chi connectivity index (χ0n) is 13.1. The maximum Gasteiger partial charge on any atom is 0.338 e. The summed E-state index contributed by atoms with van der Waals surface area (Å²) in [6.07, 6.45) is 0. The molecule has 134 valence electrons. The third kappa shape index (κ3) is 5.28. The number of halogens is 1. The minimum atomic E-state index is -0.909. The van der Waals surface area contributed by atoms with Crippen LogP contribution in [0.5, 0.6) is 0 Å². The van der Waals surface area contributed by atoms with Gasteiger partial charge in [-0.1, -0.05) is 17.7 Å². The summed E-state index contributed by atoms with van der Waals surface area (Å²) in [5.74, 6) is -2.28. The number of benzene rings is 2. The van der Waals surface area contributed by atoms with E-state index in [4.69, 9.17) is 16.3 Å². The van der Waals surface area contributed by atoms with Crippen molar-refractivity contribution in [3.63, 3.8) is 0 Å². The summed E-state index contributed by atoms with van der Waals surface area (Å²) in [6.45, 7) is -0.678. The van der Waals surface area contributed by atoms with E-state index in [0.717, 1.165) is 6.07 Å². The van der Waals surface area contributed by atoms with E-state index in [9.17, 15) is 24.5 Å². The highest BCUT2D eigenvalue weighted by Gasteiger charge is 2.14. The molecule has 0 saturated carbocycles. The van der Waals surface area contributed by atoms with Crippen LogP contribution in [0.3, 0.4) is 0 Å². The average molecular weight is 378 g/mol. The van der Waals surface area contributed by atoms with E-state index in [1.807, 2.05) is 0 Å². The molecule has 0 bridgehead atoms. The van der Waals surface area contributed by atoms with Gasteiger partial charge in [0.25, 0.3) is 17.5 Å². The monoisotopic (exact) mass is 377 g/mol. The number of nitrogens with one attached hydrogen (secondary N) is 2. The van der Waals surface area contributed by atoms with Crippen LogP contribution in [0.2, 0.25) is 5.02 Å². The fraction of sp³-hybridized carbons (Fsp3) is 0.0625. The topological polar surface area (TPSA) is 128 Å². The first-order valence-corrected chi connectivity index (χ1v) is 7.51. The summed E-state index contributed by atoms with van der Waals surface area (Å²) in [4.78, 5) is 45.2. The molecule has 0 unspecified atom stereocenters. The van der Waals surface area contributed by atoms with Crippen LogP contribution in [0.4, 0.5) is 5.69 Å². The van der Waals surface area contributed by atoms with Gasteiger partial charge in [-0.3, -0.25) is 30.6 Å². The Bertz CT molecular complexity index is 853. The second-order valence-corrected chi connectivity index (χ2v) is 5.33. The van der Waals surface area contributed by atoms with Crippen LogP contribution in [-0.2, 0) is 9.53 Å². The largest absolute Gasteiger partial charge is 0.452 e. The maximum atomic E-state index is 11.8. The highest BCUT2D eigenvalue weighted by atomic mass is 35.5. The molecule has 0 spiro atoms. The van der Waals surface area contributed by atoms with E-state index in [0.29, 0.717) is 5.02 Å². The highest BCUT2D eigenvalue weighted by molar-refractivity contribution is 6.30. The number of hydrazine groups is 1. The van der Waals surface area contributed by atoms with E-state index in [1.165, 1.54) is 42.5 Å². The molecule has 0 atom stereocenters. The predicted molar refractivity (Wildman–Crippen MR) is 90.4 cm³/mol. The fourth-order valence-electron chi connectivity index (χ4n) is 1.80. The molecule has 0 radical (unpaired) electrons. The third-order valence-electron chi connectivity index (χ3n) is 3.05. The molecule has 0 fully saturated rings. The number of carbonyl (C=O) groups excluding carboxylic acids is 3. The number of hydrogen-bond acceptors (Lipinski definition) is 6. The highest BCUT2D eigenvalue weighted by Crippen LogP contribution is 2.13. The number of nitro groups is 1. The standard InChI is InChI=1S/C16H12ClN3O6/c17-12-6-4-10(5-7-12)15(22)19-18-14(21)9-26-16(23)11-2-1-3-13(8-11)20(24)25/h1-8H,9H2,(H,18,21)(H,19,22). The van der Waals surface area contributed by atoms with Gasteiger partial charge in [0.05, 0.1) is 10.5 Å². The molecule has 2 aromatic rings. The minimum absolute atomic E-state index is 0.0720. The Morgan fingerprint density at radius 2 is 1.73 bits per heavy atom. The van der Waals surface area contributed by atoms with Crippen LogP contribution in [0, 0.1) is 10.1 Å². The fourth-order valence-corrected chi connectivity index (χ4v) is 1.92. The van der Waals surface area contributed by atoms with Crippen LogP contribution in [0.25, 0.3) is 0 Å². The molecule has 0 aliphatic heterocycles. The van der Waals surface area contributed by atoms with Gasteiger partial charge in [0.2, 0.25) is 0 Å². The molecular weight excluding hydrogens is 366 g/mol. The smallest absolute Gasteiger partial charge is 0.338 e. The summed E-state index contributed by atoms with van der Waals surface area (Å²) in [5, 5.41) is 11.1. The lowest BCUT2D eigenvalue weighted by molar-refractivity contribution is -0.384. The van der Waals surface area contributed by atoms with Crippen LogP contribution in [0.15, 0.2) is 48.5 Å². The molecule has 10 heteroatoms. The third-order valence-corrected chi connectivity index (χ3v) is 3.30. The molecular formula is C16H12ClN3O6. The number of esters is 1. The van der Waals surface area contributed by atoms with Gasteiger partial charge < -0.3 is 4.74 Å². The van der Waals surface area contributed by atoms with Gasteiger partial charge in [0, 0.05) is 22.7 Å². The normalized spacial score (nSPS) is 9.88. The Hall–Kier alpha value is -3.46. The molecule has 0 aliphatic carbocycles. The summed E-state index contributed by atoms with van der Waals surface area (Å²) < 4.78 is 4.74. The Kier molecular flexibility index (Phi) is 6.23. The first-order chi connectivity index (χ1) is 12.4. The van der Waals surface area contributed by atoms with E-state index in [2.05, 4.69) is 10.9 Å². The van der Waals surface area contributed by atoms with Crippen molar-refractivity contribution in [3.05, 3.63) is 74.8 Å². The van der Waals surface area contributed by atoms with Gasteiger partial charge in [-0.2, -0.15) is 0 Å². The van der Waals surface area contributed by atoms with Crippen molar-refractivity contribution in [3.8, 4) is 0 Å². The summed E-state index contributed by atoms with van der Waals surface area (Å²) in [5.41, 5.74) is 4.13. The second-order valence-electron chi connectivity index (χ2n) is 4.89. The predicted octanol–water partition coefficient (Wildman–Crippen LogP) is 1.87. The number of carbonyl (C=O) groups is 3. The molecule has 2 rings (SSSR count). The van der Waals surface area contributed by atoms with E-state index >= 15 is 0 Å².